The van der Waals surface area contributed by atoms with Gasteiger partial charge in [0.2, 0.25) is 0 Å². The number of anilines is 1. The van der Waals surface area contributed by atoms with Gasteiger partial charge in [-0.2, -0.15) is 0 Å². The van der Waals surface area contributed by atoms with Crippen LogP contribution in [0.3, 0.4) is 0 Å². The number of methoxy groups -OCH3 is 3. The van der Waals surface area contributed by atoms with Crippen molar-refractivity contribution in [1.29, 1.82) is 0 Å². The number of imide groups is 1. The maximum atomic E-state index is 13.8. The van der Waals surface area contributed by atoms with Gasteiger partial charge < -0.3 is 19.1 Å². The fraction of sp³-hybridized carbons (Fsp3) is 0.185. The second-order valence-corrected chi connectivity index (χ2v) is 7.81. The molecule has 7 heteroatoms. The van der Waals surface area contributed by atoms with Crippen molar-refractivity contribution >= 4 is 23.1 Å². The van der Waals surface area contributed by atoms with E-state index in [0.29, 0.717) is 46.3 Å². The van der Waals surface area contributed by atoms with Gasteiger partial charge in [0.1, 0.15) is 22.9 Å². The quantitative estimate of drug-likeness (QED) is 0.473. The lowest BCUT2D eigenvalue weighted by Gasteiger charge is -2.22. The molecule has 0 saturated carbocycles. The number of hydrogen-bond acceptors (Lipinski definition) is 6. The average molecular weight is 459 g/mol. The summed E-state index contributed by atoms with van der Waals surface area (Å²) < 4.78 is 16.0. The summed E-state index contributed by atoms with van der Waals surface area (Å²) in [5.41, 5.74) is 2.67. The second kappa shape index (κ2) is 9.70. The Morgan fingerprint density at radius 1 is 0.735 bits per heavy atom. The van der Waals surface area contributed by atoms with E-state index in [4.69, 9.17) is 14.2 Å². The van der Waals surface area contributed by atoms with Gasteiger partial charge in [-0.05, 0) is 23.3 Å². The van der Waals surface area contributed by atoms with E-state index in [1.54, 1.807) is 49.6 Å². The molecule has 1 aliphatic heterocycles. The van der Waals surface area contributed by atoms with Gasteiger partial charge in [-0.25, -0.2) is 4.90 Å². The van der Waals surface area contributed by atoms with Crippen molar-refractivity contribution in [2.45, 2.75) is 6.54 Å². The predicted molar refractivity (Wildman–Crippen MR) is 130 cm³/mol. The lowest BCUT2D eigenvalue weighted by molar-refractivity contribution is -0.120. The van der Waals surface area contributed by atoms with Gasteiger partial charge >= 0.3 is 0 Å². The molecule has 0 fully saturated rings. The molecule has 0 aliphatic carbocycles. The van der Waals surface area contributed by atoms with Crippen molar-refractivity contribution in [3.8, 4) is 17.2 Å². The molecule has 0 spiro atoms. The molecule has 0 radical (unpaired) electrons. The first-order valence-corrected chi connectivity index (χ1v) is 10.7. The van der Waals surface area contributed by atoms with Crippen LogP contribution in [0.1, 0.15) is 11.1 Å². The van der Waals surface area contributed by atoms with Crippen LogP contribution in [0.5, 0.6) is 17.2 Å². The summed E-state index contributed by atoms with van der Waals surface area (Å²) in [5, 5.41) is 0. The number of likely N-dealkylation sites (N-methyl/N-ethyl adjacent to an activating group) is 1. The average Bonchev–Trinajstić information content (AvgIpc) is 3.14. The van der Waals surface area contributed by atoms with E-state index < -0.39 is 11.8 Å². The van der Waals surface area contributed by atoms with Crippen LogP contribution < -0.4 is 19.1 Å². The Labute approximate surface area is 198 Å². The van der Waals surface area contributed by atoms with Crippen LogP contribution in [-0.4, -0.2) is 45.1 Å². The monoisotopic (exact) mass is 458 g/mol. The van der Waals surface area contributed by atoms with Gasteiger partial charge in [-0.3, -0.25) is 9.59 Å². The maximum Gasteiger partial charge on any atom is 0.282 e. The van der Waals surface area contributed by atoms with E-state index in [0.717, 1.165) is 5.56 Å². The van der Waals surface area contributed by atoms with Crippen LogP contribution in [0.2, 0.25) is 0 Å². The molecular weight excluding hydrogens is 432 g/mol. The fourth-order valence-electron chi connectivity index (χ4n) is 3.98. The molecule has 1 heterocycles. The highest BCUT2D eigenvalue weighted by Gasteiger charge is 2.42. The molecule has 0 atom stereocenters. The third-order valence-corrected chi connectivity index (χ3v) is 5.68. The van der Waals surface area contributed by atoms with Crippen molar-refractivity contribution in [1.82, 2.24) is 4.90 Å². The van der Waals surface area contributed by atoms with E-state index in [1.807, 2.05) is 42.3 Å². The first-order chi connectivity index (χ1) is 16.5. The highest BCUT2D eigenvalue weighted by molar-refractivity contribution is 6.45. The first-order valence-electron chi connectivity index (χ1n) is 10.7. The van der Waals surface area contributed by atoms with E-state index in [2.05, 4.69) is 0 Å². The van der Waals surface area contributed by atoms with Crippen LogP contribution in [0, 0.1) is 0 Å². The standard InChI is InChI=1S/C27H26N2O5/c1-28(17-18-8-6-5-7-9-18)25-24(19-10-12-21(32-2)13-11-19)26(30)29(27(25)31)20-14-22(33-3)16-23(15-20)34-4/h5-16H,17H2,1-4H3. The maximum absolute atomic E-state index is 13.8. The molecule has 174 valence electrons. The Morgan fingerprint density at radius 3 is 1.88 bits per heavy atom. The van der Waals surface area contributed by atoms with Crippen molar-refractivity contribution in [3.05, 3.63) is 89.6 Å². The number of rotatable bonds is 8. The number of nitrogens with zero attached hydrogens (tertiary/aromatic N) is 2. The summed E-state index contributed by atoms with van der Waals surface area (Å²) in [7, 11) is 6.43. The summed E-state index contributed by atoms with van der Waals surface area (Å²) in [4.78, 5) is 30.5. The molecule has 4 rings (SSSR count). The molecule has 0 saturated heterocycles. The molecule has 0 N–H and O–H groups in total. The van der Waals surface area contributed by atoms with Crippen LogP contribution in [0.25, 0.3) is 5.57 Å². The van der Waals surface area contributed by atoms with Gasteiger partial charge in [0.05, 0.1) is 32.6 Å². The van der Waals surface area contributed by atoms with Gasteiger partial charge in [-0.1, -0.05) is 42.5 Å². The first kappa shape index (κ1) is 22.9. The number of hydrogen-bond donors (Lipinski definition) is 0. The molecule has 0 aromatic heterocycles. The normalized spacial score (nSPS) is 13.4. The SMILES string of the molecule is COc1ccc(C2=C(N(C)Cc3ccccc3)C(=O)N(c3cc(OC)cc(OC)c3)C2=O)cc1. The molecule has 3 aromatic rings. The Hall–Kier alpha value is -4.26. The largest absolute Gasteiger partial charge is 0.497 e. The van der Waals surface area contributed by atoms with E-state index in [9.17, 15) is 9.59 Å². The number of ether oxygens (including phenoxy) is 3. The molecule has 7 nitrogen and oxygen atoms in total. The minimum atomic E-state index is -0.416. The van der Waals surface area contributed by atoms with Crippen LogP contribution in [0.4, 0.5) is 5.69 Å². The van der Waals surface area contributed by atoms with E-state index >= 15 is 0 Å². The number of benzene rings is 3. The lowest BCUT2D eigenvalue weighted by atomic mass is 10.0. The summed E-state index contributed by atoms with van der Waals surface area (Å²) in [5.74, 6) is 0.790. The number of carbonyl (C=O) groups is 2. The lowest BCUT2D eigenvalue weighted by Crippen LogP contribution is -2.34. The minimum absolute atomic E-state index is 0.320. The molecule has 2 amide bonds. The highest BCUT2D eigenvalue weighted by Crippen LogP contribution is 2.38. The zero-order valence-electron chi connectivity index (χ0n) is 19.6. The zero-order valence-corrected chi connectivity index (χ0v) is 19.6. The number of amides is 2. The van der Waals surface area contributed by atoms with Gasteiger partial charge in [0.15, 0.2) is 0 Å². The molecule has 1 aliphatic rings. The van der Waals surface area contributed by atoms with Crippen LogP contribution in [-0.2, 0) is 16.1 Å². The smallest absolute Gasteiger partial charge is 0.282 e. The van der Waals surface area contributed by atoms with Crippen molar-refractivity contribution in [2.24, 2.45) is 0 Å². The molecule has 0 unspecified atom stereocenters. The predicted octanol–water partition coefficient (Wildman–Crippen LogP) is 4.13. The van der Waals surface area contributed by atoms with Crippen LogP contribution >= 0.6 is 0 Å². The van der Waals surface area contributed by atoms with E-state index in [-0.39, 0.29) is 0 Å². The zero-order chi connectivity index (χ0) is 24.2. The molecule has 34 heavy (non-hydrogen) atoms. The topological polar surface area (TPSA) is 68.3 Å². The third kappa shape index (κ3) is 4.32. The highest BCUT2D eigenvalue weighted by atomic mass is 16.5. The molecular formula is C27H26N2O5. The molecule has 3 aromatic carbocycles. The minimum Gasteiger partial charge on any atom is -0.497 e. The van der Waals surface area contributed by atoms with Crippen molar-refractivity contribution in [3.63, 3.8) is 0 Å². The third-order valence-electron chi connectivity index (χ3n) is 5.68. The number of carbonyl (C=O) groups excluding carboxylic acids is 2. The van der Waals surface area contributed by atoms with Gasteiger partial charge in [0.25, 0.3) is 11.8 Å². The van der Waals surface area contributed by atoms with Crippen molar-refractivity contribution in [2.75, 3.05) is 33.3 Å². The van der Waals surface area contributed by atoms with E-state index in [1.165, 1.54) is 19.1 Å². The summed E-state index contributed by atoms with van der Waals surface area (Å²) in [6.07, 6.45) is 0. The summed E-state index contributed by atoms with van der Waals surface area (Å²) >= 11 is 0. The Balaban J connectivity index is 1.81. The van der Waals surface area contributed by atoms with Gasteiger partial charge in [0, 0.05) is 31.8 Å². The second-order valence-electron chi connectivity index (χ2n) is 7.81. The molecule has 0 bridgehead atoms. The van der Waals surface area contributed by atoms with Crippen LogP contribution in [0.15, 0.2) is 78.5 Å². The van der Waals surface area contributed by atoms with Crippen molar-refractivity contribution < 1.29 is 23.8 Å². The van der Waals surface area contributed by atoms with Gasteiger partial charge in [-0.15, -0.1) is 0 Å². The Bertz CT molecular complexity index is 1210. The Kier molecular flexibility index (Phi) is 6.54. The summed E-state index contributed by atoms with van der Waals surface area (Å²) in [6, 6.07) is 21.9. The summed E-state index contributed by atoms with van der Waals surface area (Å²) in [6.45, 7) is 0.462. The Morgan fingerprint density at radius 2 is 1.32 bits per heavy atom. The fourth-order valence-corrected chi connectivity index (χ4v) is 3.98.